The van der Waals surface area contributed by atoms with Crippen LogP contribution in [0, 0.1) is 0 Å². The van der Waals surface area contributed by atoms with E-state index in [4.69, 9.17) is 16.3 Å². The zero-order valence-electron chi connectivity index (χ0n) is 15.8. The molecule has 2 N–H and O–H groups in total. The molecular formula is C20H19ClF3N3O3. The molecule has 6 nitrogen and oxygen atoms in total. The molecule has 1 heterocycles. The number of hydrogen-bond acceptors (Lipinski definition) is 4. The van der Waals surface area contributed by atoms with Crippen molar-refractivity contribution in [2.24, 2.45) is 0 Å². The number of nitrogens with one attached hydrogen (secondary N) is 2. The van der Waals surface area contributed by atoms with E-state index in [2.05, 4.69) is 10.6 Å². The fraction of sp³-hybridized carbons (Fsp3) is 0.300. The molecular weight excluding hydrogens is 423 g/mol. The van der Waals surface area contributed by atoms with Gasteiger partial charge >= 0.3 is 6.18 Å². The predicted octanol–water partition coefficient (Wildman–Crippen LogP) is 3.88. The van der Waals surface area contributed by atoms with E-state index in [1.807, 2.05) is 0 Å². The molecule has 1 fully saturated rings. The summed E-state index contributed by atoms with van der Waals surface area (Å²) in [6.45, 7) is 1.83. The van der Waals surface area contributed by atoms with Crippen molar-refractivity contribution in [3.8, 4) is 0 Å². The van der Waals surface area contributed by atoms with E-state index in [9.17, 15) is 22.8 Å². The highest BCUT2D eigenvalue weighted by Crippen LogP contribution is 2.29. The Morgan fingerprint density at radius 1 is 1.03 bits per heavy atom. The number of rotatable bonds is 5. The number of hydrogen-bond donors (Lipinski definition) is 2. The zero-order valence-corrected chi connectivity index (χ0v) is 16.5. The number of amides is 2. The van der Waals surface area contributed by atoms with Crippen LogP contribution in [0.4, 0.5) is 24.5 Å². The van der Waals surface area contributed by atoms with Crippen LogP contribution in [-0.4, -0.2) is 49.6 Å². The third kappa shape index (κ3) is 5.64. The van der Waals surface area contributed by atoms with Crippen LogP contribution in [0.15, 0.2) is 42.5 Å². The van der Waals surface area contributed by atoms with Gasteiger partial charge in [-0.25, -0.2) is 0 Å². The van der Waals surface area contributed by atoms with Crippen molar-refractivity contribution in [2.45, 2.75) is 6.18 Å². The van der Waals surface area contributed by atoms with Crippen LogP contribution in [0.2, 0.25) is 5.02 Å². The lowest BCUT2D eigenvalue weighted by molar-refractivity contribution is -0.137. The molecule has 0 radical (unpaired) electrons. The van der Waals surface area contributed by atoms with E-state index in [1.54, 1.807) is 23.1 Å². The third-order valence-electron chi connectivity index (χ3n) is 4.45. The highest BCUT2D eigenvalue weighted by atomic mass is 35.5. The number of anilines is 2. The van der Waals surface area contributed by atoms with Crippen LogP contribution in [0.1, 0.15) is 15.9 Å². The molecule has 160 valence electrons. The Morgan fingerprint density at radius 2 is 1.67 bits per heavy atom. The summed E-state index contributed by atoms with van der Waals surface area (Å²) in [5, 5.41) is 5.62. The normalized spacial score (nSPS) is 14.3. The Morgan fingerprint density at radius 3 is 2.27 bits per heavy atom. The van der Waals surface area contributed by atoms with Crippen molar-refractivity contribution in [1.29, 1.82) is 0 Å². The SMILES string of the molecule is O=C(CNc1ccc(C(=O)N2CCOCC2)c(Cl)c1)Nc1ccc(C(F)(F)F)cc1. The smallest absolute Gasteiger partial charge is 0.378 e. The van der Waals surface area contributed by atoms with E-state index in [1.165, 1.54) is 12.1 Å². The second-order valence-electron chi connectivity index (χ2n) is 6.58. The second kappa shape index (κ2) is 9.36. The second-order valence-corrected chi connectivity index (χ2v) is 6.98. The molecule has 1 aliphatic heterocycles. The van der Waals surface area contributed by atoms with Gasteiger partial charge in [0.05, 0.1) is 35.9 Å². The molecule has 0 saturated carbocycles. The van der Waals surface area contributed by atoms with Crippen LogP contribution in [0.5, 0.6) is 0 Å². The number of benzene rings is 2. The Kier molecular flexibility index (Phi) is 6.84. The summed E-state index contributed by atoms with van der Waals surface area (Å²) in [7, 11) is 0. The van der Waals surface area contributed by atoms with E-state index in [0.29, 0.717) is 37.6 Å². The Bertz CT molecular complexity index is 914. The molecule has 0 aliphatic carbocycles. The molecule has 0 atom stereocenters. The Hall–Kier alpha value is -2.78. The number of carbonyl (C=O) groups is 2. The number of ether oxygens (including phenoxy) is 1. The predicted molar refractivity (Wildman–Crippen MR) is 107 cm³/mol. The number of nitrogens with zero attached hydrogens (tertiary/aromatic N) is 1. The van der Waals surface area contributed by atoms with Gasteiger partial charge in [0, 0.05) is 24.5 Å². The van der Waals surface area contributed by atoms with Gasteiger partial charge in [-0.3, -0.25) is 9.59 Å². The van der Waals surface area contributed by atoms with E-state index in [-0.39, 0.29) is 23.2 Å². The van der Waals surface area contributed by atoms with Crippen LogP contribution in [0.3, 0.4) is 0 Å². The first kappa shape index (κ1) is 21.9. The van der Waals surface area contributed by atoms with Crippen LogP contribution in [-0.2, 0) is 15.7 Å². The zero-order chi connectivity index (χ0) is 21.7. The molecule has 2 aromatic rings. The lowest BCUT2D eigenvalue weighted by Gasteiger charge is -2.27. The van der Waals surface area contributed by atoms with E-state index >= 15 is 0 Å². The maximum atomic E-state index is 12.6. The lowest BCUT2D eigenvalue weighted by Crippen LogP contribution is -2.40. The van der Waals surface area contributed by atoms with Crippen molar-refractivity contribution in [1.82, 2.24) is 4.90 Å². The quantitative estimate of drug-likeness (QED) is 0.738. The van der Waals surface area contributed by atoms with Crippen LogP contribution >= 0.6 is 11.6 Å². The molecule has 1 aliphatic rings. The van der Waals surface area contributed by atoms with Gasteiger partial charge in [0.1, 0.15) is 0 Å². The summed E-state index contributed by atoms with van der Waals surface area (Å²) in [4.78, 5) is 26.2. The van der Waals surface area contributed by atoms with Crippen molar-refractivity contribution in [2.75, 3.05) is 43.5 Å². The minimum Gasteiger partial charge on any atom is -0.378 e. The molecule has 3 rings (SSSR count). The largest absolute Gasteiger partial charge is 0.416 e. The molecule has 0 spiro atoms. The fourth-order valence-electron chi connectivity index (χ4n) is 2.87. The first-order valence-corrected chi connectivity index (χ1v) is 9.49. The topological polar surface area (TPSA) is 70.7 Å². The summed E-state index contributed by atoms with van der Waals surface area (Å²) in [5.41, 5.74) is 0.346. The molecule has 10 heteroatoms. The molecule has 0 aromatic heterocycles. The Balaban J connectivity index is 1.54. The van der Waals surface area contributed by atoms with Crippen molar-refractivity contribution in [3.63, 3.8) is 0 Å². The summed E-state index contributed by atoms with van der Waals surface area (Å²) >= 11 is 6.23. The maximum Gasteiger partial charge on any atom is 0.416 e. The van der Waals surface area contributed by atoms with Crippen LogP contribution in [0.25, 0.3) is 0 Å². The van der Waals surface area contributed by atoms with Gasteiger partial charge < -0.3 is 20.3 Å². The minimum atomic E-state index is -4.43. The molecule has 30 heavy (non-hydrogen) atoms. The molecule has 0 bridgehead atoms. The molecule has 2 aromatic carbocycles. The Labute approximate surface area is 175 Å². The molecule has 1 saturated heterocycles. The van der Waals surface area contributed by atoms with Gasteiger partial charge in [0.2, 0.25) is 5.91 Å². The molecule has 0 unspecified atom stereocenters. The number of carbonyl (C=O) groups excluding carboxylic acids is 2. The standard InChI is InChI=1S/C20H19ClF3N3O3/c21-17-11-15(5-6-16(17)19(29)27-7-9-30-10-8-27)25-12-18(28)26-14-3-1-13(2-4-14)20(22,23)24/h1-6,11,25H,7-10,12H2,(H,26,28). The summed E-state index contributed by atoms with van der Waals surface area (Å²) in [5.74, 6) is -0.630. The first-order chi connectivity index (χ1) is 14.2. The van der Waals surface area contributed by atoms with Gasteiger partial charge in [-0.2, -0.15) is 13.2 Å². The summed E-state index contributed by atoms with van der Waals surface area (Å²) in [6.07, 6.45) is -4.43. The fourth-order valence-corrected chi connectivity index (χ4v) is 3.13. The van der Waals surface area contributed by atoms with Gasteiger partial charge in [-0.1, -0.05) is 11.6 Å². The highest BCUT2D eigenvalue weighted by molar-refractivity contribution is 6.34. The maximum absolute atomic E-state index is 12.6. The highest BCUT2D eigenvalue weighted by Gasteiger charge is 2.30. The van der Waals surface area contributed by atoms with E-state index < -0.39 is 17.6 Å². The van der Waals surface area contributed by atoms with Crippen molar-refractivity contribution in [3.05, 3.63) is 58.6 Å². The van der Waals surface area contributed by atoms with Gasteiger partial charge in [-0.15, -0.1) is 0 Å². The number of alkyl halides is 3. The van der Waals surface area contributed by atoms with Gasteiger partial charge in [0.25, 0.3) is 5.91 Å². The monoisotopic (exact) mass is 441 g/mol. The number of halogens is 4. The van der Waals surface area contributed by atoms with Crippen molar-refractivity contribution >= 4 is 34.8 Å². The summed E-state index contributed by atoms with van der Waals surface area (Å²) in [6, 6.07) is 8.91. The van der Waals surface area contributed by atoms with Crippen molar-refractivity contribution < 1.29 is 27.5 Å². The number of morpholine rings is 1. The lowest BCUT2D eigenvalue weighted by atomic mass is 10.1. The van der Waals surface area contributed by atoms with Crippen LogP contribution < -0.4 is 10.6 Å². The van der Waals surface area contributed by atoms with Gasteiger partial charge in [0.15, 0.2) is 0 Å². The first-order valence-electron chi connectivity index (χ1n) is 9.11. The van der Waals surface area contributed by atoms with Gasteiger partial charge in [-0.05, 0) is 42.5 Å². The average molecular weight is 442 g/mol. The third-order valence-corrected chi connectivity index (χ3v) is 4.76. The van der Waals surface area contributed by atoms with E-state index in [0.717, 1.165) is 12.1 Å². The molecule has 2 amide bonds. The average Bonchev–Trinajstić information content (AvgIpc) is 2.72. The summed E-state index contributed by atoms with van der Waals surface area (Å²) < 4.78 is 42.9. The minimum absolute atomic E-state index is 0.131.